The van der Waals surface area contributed by atoms with Gasteiger partial charge in [-0.3, -0.25) is 0 Å². The van der Waals surface area contributed by atoms with Crippen molar-refractivity contribution < 1.29 is 14.6 Å². The van der Waals surface area contributed by atoms with Crippen LogP contribution >= 0.6 is 0 Å². The van der Waals surface area contributed by atoms with Crippen LogP contribution in [0, 0.1) is 0 Å². The van der Waals surface area contributed by atoms with Crippen molar-refractivity contribution in [1.82, 2.24) is 0 Å². The number of hydrogen-bond donors (Lipinski definition) is 1. The highest BCUT2D eigenvalue weighted by molar-refractivity contribution is 5.81. The lowest BCUT2D eigenvalue weighted by Crippen LogP contribution is -2.05. The van der Waals surface area contributed by atoms with Crippen molar-refractivity contribution in [3.63, 3.8) is 0 Å². The Bertz CT molecular complexity index is 1110. The normalized spacial score (nSPS) is 14.0. The maximum absolute atomic E-state index is 11.6. The lowest BCUT2D eigenvalue weighted by Gasteiger charge is -2.22. The Morgan fingerprint density at radius 2 is 1.57 bits per heavy atom. The Kier molecular flexibility index (Phi) is 8.91. The lowest BCUT2D eigenvalue weighted by molar-refractivity contribution is -0.137. The minimum absolute atomic E-state index is 0.207. The van der Waals surface area contributed by atoms with Gasteiger partial charge in [-0.2, -0.15) is 0 Å². The number of carbonyl (C=O) groups is 1. The molecular formula is C32H36O3. The summed E-state index contributed by atoms with van der Waals surface area (Å²) in [5.41, 5.74) is 8.51. The van der Waals surface area contributed by atoms with Gasteiger partial charge in [-0.1, -0.05) is 92.6 Å². The van der Waals surface area contributed by atoms with E-state index in [9.17, 15) is 4.79 Å². The Balaban J connectivity index is 1.58. The van der Waals surface area contributed by atoms with Crippen LogP contribution in [0.5, 0.6) is 0 Å². The van der Waals surface area contributed by atoms with Gasteiger partial charge in [0.15, 0.2) is 0 Å². The Morgan fingerprint density at radius 3 is 2.26 bits per heavy atom. The third-order valence-electron chi connectivity index (χ3n) is 7.10. The molecule has 0 heterocycles. The van der Waals surface area contributed by atoms with Gasteiger partial charge in [0, 0.05) is 19.1 Å². The summed E-state index contributed by atoms with van der Waals surface area (Å²) in [4.78, 5) is 11.6. The number of carbonyl (C=O) groups excluding carboxylic acids is 1. The van der Waals surface area contributed by atoms with Crippen LogP contribution < -0.4 is 0 Å². The molecule has 182 valence electrons. The molecule has 0 spiro atoms. The zero-order valence-corrected chi connectivity index (χ0v) is 20.5. The topological polar surface area (TPSA) is 46.5 Å². The monoisotopic (exact) mass is 468 g/mol. The lowest BCUT2D eigenvalue weighted by atomic mass is 9.83. The van der Waals surface area contributed by atoms with E-state index >= 15 is 0 Å². The number of esters is 1. The number of benzene rings is 3. The van der Waals surface area contributed by atoms with E-state index in [1.165, 1.54) is 60.4 Å². The Morgan fingerprint density at radius 1 is 0.886 bits per heavy atom. The van der Waals surface area contributed by atoms with Gasteiger partial charge in [-0.05, 0) is 70.5 Å². The summed E-state index contributed by atoms with van der Waals surface area (Å²) in [6.07, 6.45) is 10.2. The van der Waals surface area contributed by atoms with Crippen LogP contribution in [0.25, 0.3) is 22.3 Å². The molecule has 0 bridgehead atoms. The van der Waals surface area contributed by atoms with E-state index in [-0.39, 0.29) is 6.61 Å². The van der Waals surface area contributed by atoms with Crippen molar-refractivity contribution in [2.45, 2.75) is 57.3 Å². The van der Waals surface area contributed by atoms with E-state index in [0.29, 0.717) is 18.9 Å². The van der Waals surface area contributed by atoms with Gasteiger partial charge in [0.2, 0.25) is 0 Å². The van der Waals surface area contributed by atoms with Crippen LogP contribution in [0.3, 0.4) is 0 Å². The fourth-order valence-electron chi connectivity index (χ4n) is 5.10. The predicted octanol–water partition coefficient (Wildman–Crippen LogP) is 7.26. The number of aliphatic hydroxyl groups is 1. The van der Waals surface area contributed by atoms with Gasteiger partial charge >= 0.3 is 5.97 Å². The van der Waals surface area contributed by atoms with Crippen molar-refractivity contribution in [3.05, 3.63) is 96.1 Å². The van der Waals surface area contributed by atoms with Gasteiger partial charge in [0.1, 0.15) is 0 Å². The summed E-state index contributed by atoms with van der Waals surface area (Å²) in [6, 6.07) is 24.2. The van der Waals surface area contributed by atoms with Gasteiger partial charge in [-0.25, -0.2) is 4.79 Å². The summed E-state index contributed by atoms with van der Waals surface area (Å²) >= 11 is 0. The van der Waals surface area contributed by atoms with E-state index in [1.807, 2.05) is 0 Å². The first-order chi connectivity index (χ1) is 17.2. The molecule has 1 aliphatic carbocycles. The molecule has 3 nitrogen and oxygen atoms in total. The summed E-state index contributed by atoms with van der Waals surface area (Å²) in [7, 11) is 0. The molecule has 3 aromatic carbocycles. The maximum atomic E-state index is 11.6. The van der Waals surface area contributed by atoms with Crippen molar-refractivity contribution in [2.24, 2.45) is 0 Å². The molecule has 0 aromatic heterocycles. The third kappa shape index (κ3) is 6.70. The number of aryl methyl sites for hydroxylation is 1. The first-order valence-electron chi connectivity index (χ1n) is 12.9. The average Bonchev–Trinajstić information content (AvgIpc) is 2.92. The highest BCUT2D eigenvalue weighted by atomic mass is 16.5. The van der Waals surface area contributed by atoms with Gasteiger partial charge in [0.25, 0.3) is 0 Å². The molecule has 0 atom stereocenters. The van der Waals surface area contributed by atoms with Crippen molar-refractivity contribution in [2.75, 3.05) is 13.2 Å². The molecule has 1 aliphatic rings. The van der Waals surface area contributed by atoms with Crippen LogP contribution in [0.4, 0.5) is 0 Å². The van der Waals surface area contributed by atoms with E-state index in [0.717, 1.165) is 29.5 Å². The minimum Gasteiger partial charge on any atom is -0.462 e. The SMILES string of the molecule is C=CC(=O)OCCc1cc(-c2ccc(C3CCCCC3)cc2)ccc1-c1ccc(CCCO)cc1. The molecule has 0 unspecified atom stereocenters. The number of hydrogen-bond acceptors (Lipinski definition) is 3. The largest absolute Gasteiger partial charge is 0.462 e. The molecule has 0 radical (unpaired) electrons. The van der Waals surface area contributed by atoms with E-state index in [2.05, 4.69) is 73.3 Å². The molecule has 0 aliphatic heterocycles. The Labute approximate surface area is 209 Å². The average molecular weight is 469 g/mol. The highest BCUT2D eigenvalue weighted by Gasteiger charge is 2.15. The molecule has 1 fully saturated rings. The molecule has 0 saturated heterocycles. The molecule has 1 saturated carbocycles. The Hall–Kier alpha value is -3.17. The van der Waals surface area contributed by atoms with Gasteiger partial charge in [-0.15, -0.1) is 0 Å². The van der Waals surface area contributed by atoms with Crippen molar-refractivity contribution >= 4 is 5.97 Å². The zero-order valence-electron chi connectivity index (χ0n) is 20.5. The summed E-state index contributed by atoms with van der Waals surface area (Å²) in [5, 5.41) is 9.10. The van der Waals surface area contributed by atoms with E-state index in [1.54, 1.807) is 0 Å². The predicted molar refractivity (Wildman–Crippen MR) is 143 cm³/mol. The first kappa shape index (κ1) is 24.9. The molecule has 0 amide bonds. The van der Waals surface area contributed by atoms with Crippen LogP contribution in [0.1, 0.15) is 61.1 Å². The molecular weight excluding hydrogens is 432 g/mol. The maximum Gasteiger partial charge on any atom is 0.330 e. The van der Waals surface area contributed by atoms with E-state index in [4.69, 9.17) is 9.84 Å². The molecule has 3 heteroatoms. The zero-order chi connectivity index (χ0) is 24.5. The van der Waals surface area contributed by atoms with E-state index < -0.39 is 5.97 Å². The summed E-state index contributed by atoms with van der Waals surface area (Å²) < 4.78 is 5.30. The van der Waals surface area contributed by atoms with Crippen molar-refractivity contribution in [3.8, 4) is 22.3 Å². The molecule has 3 aromatic rings. The second-order valence-corrected chi connectivity index (χ2v) is 9.47. The smallest absolute Gasteiger partial charge is 0.330 e. The summed E-state index contributed by atoms with van der Waals surface area (Å²) in [5.74, 6) is 0.310. The van der Waals surface area contributed by atoms with Gasteiger partial charge in [0.05, 0.1) is 6.61 Å². The number of ether oxygens (including phenoxy) is 1. The highest BCUT2D eigenvalue weighted by Crippen LogP contribution is 2.34. The molecule has 35 heavy (non-hydrogen) atoms. The summed E-state index contributed by atoms with van der Waals surface area (Å²) in [6.45, 7) is 4.01. The first-order valence-corrected chi connectivity index (χ1v) is 12.9. The molecule has 4 rings (SSSR count). The number of aliphatic hydroxyl groups excluding tert-OH is 1. The third-order valence-corrected chi connectivity index (χ3v) is 7.10. The fraction of sp³-hybridized carbons (Fsp3) is 0.344. The molecule has 1 N–H and O–H groups in total. The number of rotatable bonds is 10. The van der Waals surface area contributed by atoms with Gasteiger partial charge < -0.3 is 9.84 Å². The standard InChI is InChI=1S/C32H36O3/c1-2-32(34)35-22-20-30-23-29(27-16-14-26(15-17-27)25-8-4-3-5-9-25)18-19-31(30)28-12-10-24(11-13-28)7-6-21-33/h2,10-19,23,25,33H,1,3-9,20-22H2. The second kappa shape index (κ2) is 12.5. The minimum atomic E-state index is -0.394. The van der Waals surface area contributed by atoms with Crippen LogP contribution in [-0.2, 0) is 22.4 Å². The van der Waals surface area contributed by atoms with Crippen LogP contribution in [0.15, 0.2) is 79.4 Å². The van der Waals surface area contributed by atoms with Crippen molar-refractivity contribution in [1.29, 1.82) is 0 Å². The quantitative estimate of drug-likeness (QED) is 0.251. The van der Waals surface area contributed by atoms with Crippen LogP contribution in [-0.4, -0.2) is 24.3 Å². The fourth-order valence-corrected chi connectivity index (χ4v) is 5.10. The van der Waals surface area contributed by atoms with Crippen LogP contribution in [0.2, 0.25) is 0 Å². The second-order valence-electron chi connectivity index (χ2n) is 9.47.